The van der Waals surface area contributed by atoms with Gasteiger partial charge in [-0.05, 0) is 25.2 Å². The minimum atomic E-state index is -0.455. The third-order valence-electron chi connectivity index (χ3n) is 3.15. The van der Waals surface area contributed by atoms with Crippen LogP contribution in [-0.2, 0) is 4.79 Å². The Morgan fingerprint density at radius 2 is 2.29 bits per heavy atom. The van der Waals surface area contributed by atoms with Crippen LogP contribution in [0.3, 0.4) is 0 Å². The Morgan fingerprint density at radius 1 is 1.64 bits per heavy atom. The molecule has 0 aromatic heterocycles. The molecule has 1 aliphatic carbocycles. The van der Waals surface area contributed by atoms with E-state index in [-0.39, 0.29) is 17.2 Å². The maximum atomic E-state index is 11.7. The molecule has 0 aliphatic heterocycles. The maximum Gasteiger partial charge on any atom is 0.223 e. The molecule has 0 heterocycles. The molecule has 0 aromatic rings. The SMILES string of the molecule is C[C@@H](O)CNC(=O)C1CCCC1(C)C. The quantitative estimate of drug-likeness (QED) is 0.720. The molecule has 0 bridgehead atoms. The van der Waals surface area contributed by atoms with Crippen molar-refractivity contribution in [3.8, 4) is 0 Å². The second-order valence-electron chi connectivity index (χ2n) is 5.03. The van der Waals surface area contributed by atoms with Crippen molar-refractivity contribution in [1.82, 2.24) is 5.32 Å². The van der Waals surface area contributed by atoms with E-state index in [0.717, 1.165) is 19.3 Å². The third kappa shape index (κ3) is 2.71. The molecule has 1 saturated carbocycles. The predicted octanol–water partition coefficient (Wildman–Crippen LogP) is 1.31. The van der Waals surface area contributed by atoms with E-state index in [1.807, 2.05) is 0 Å². The second kappa shape index (κ2) is 4.30. The van der Waals surface area contributed by atoms with Gasteiger partial charge < -0.3 is 10.4 Å². The summed E-state index contributed by atoms with van der Waals surface area (Å²) in [6.45, 7) is 6.34. The molecule has 3 heteroatoms. The average Bonchev–Trinajstić information content (AvgIpc) is 2.41. The zero-order chi connectivity index (χ0) is 10.8. The number of aliphatic hydroxyl groups is 1. The van der Waals surface area contributed by atoms with Crippen molar-refractivity contribution in [2.45, 2.75) is 46.1 Å². The van der Waals surface area contributed by atoms with E-state index < -0.39 is 6.10 Å². The number of amides is 1. The summed E-state index contributed by atoms with van der Waals surface area (Å²) in [6, 6.07) is 0. The third-order valence-corrected chi connectivity index (χ3v) is 3.15. The van der Waals surface area contributed by atoms with Gasteiger partial charge in [-0.25, -0.2) is 0 Å². The van der Waals surface area contributed by atoms with Crippen LogP contribution in [0.25, 0.3) is 0 Å². The normalized spacial score (nSPS) is 27.3. The Kier molecular flexibility index (Phi) is 3.53. The number of aliphatic hydroxyl groups excluding tert-OH is 1. The van der Waals surface area contributed by atoms with Crippen molar-refractivity contribution in [2.24, 2.45) is 11.3 Å². The molecule has 1 unspecified atom stereocenters. The number of carbonyl (C=O) groups is 1. The number of hydrogen-bond donors (Lipinski definition) is 2. The van der Waals surface area contributed by atoms with Gasteiger partial charge in [0.25, 0.3) is 0 Å². The van der Waals surface area contributed by atoms with Gasteiger partial charge in [-0.3, -0.25) is 4.79 Å². The summed E-state index contributed by atoms with van der Waals surface area (Å²) < 4.78 is 0. The van der Waals surface area contributed by atoms with Gasteiger partial charge in [-0.1, -0.05) is 20.3 Å². The van der Waals surface area contributed by atoms with Crippen LogP contribution >= 0.6 is 0 Å². The van der Waals surface area contributed by atoms with E-state index in [2.05, 4.69) is 19.2 Å². The first-order valence-corrected chi connectivity index (χ1v) is 5.39. The molecule has 0 spiro atoms. The molecule has 82 valence electrons. The van der Waals surface area contributed by atoms with Crippen LogP contribution in [0.15, 0.2) is 0 Å². The average molecular weight is 199 g/mol. The zero-order valence-corrected chi connectivity index (χ0v) is 9.34. The minimum absolute atomic E-state index is 0.105. The molecule has 1 fully saturated rings. The Morgan fingerprint density at radius 3 is 2.71 bits per heavy atom. The Labute approximate surface area is 85.9 Å². The molecular formula is C11H21NO2. The van der Waals surface area contributed by atoms with Crippen LogP contribution in [-0.4, -0.2) is 23.7 Å². The number of hydrogen-bond acceptors (Lipinski definition) is 2. The fraction of sp³-hybridized carbons (Fsp3) is 0.909. The highest BCUT2D eigenvalue weighted by molar-refractivity contribution is 5.79. The molecule has 1 amide bonds. The second-order valence-corrected chi connectivity index (χ2v) is 5.03. The lowest BCUT2D eigenvalue weighted by atomic mass is 9.81. The van der Waals surface area contributed by atoms with E-state index in [4.69, 9.17) is 5.11 Å². The zero-order valence-electron chi connectivity index (χ0n) is 9.34. The van der Waals surface area contributed by atoms with E-state index in [9.17, 15) is 4.79 Å². The lowest BCUT2D eigenvalue weighted by Gasteiger charge is -2.26. The van der Waals surface area contributed by atoms with Crippen molar-refractivity contribution in [3.05, 3.63) is 0 Å². The minimum Gasteiger partial charge on any atom is -0.392 e. The van der Waals surface area contributed by atoms with Gasteiger partial charge in [0.2, 0.25) is 5.91 Å². The van der Waals surface area contributed by atoms with Crippen LogP contribution in [0.4, 0.5) is 0 Å². The summed E-state index contributed by atoms with van der Waals surface area (Å²) in [7, 11) is 0. The van der Waals surface area contributed by atoms with E-state index >= 15 is 0 Å². The van der Waals surface area contributed by atoms with Gasteiger partial charge in [0.05, 0.1) is 6.10 Å². The van der Waals surface area contributed by atoms with Crippen LogP contribution in [0.2, 0.25) is 0 Å². The van der Waals surface area contributed by atoms with E-state index in [1.54, 1.807) is 6.92 Å². The summed E-state index contributed by atoms with van der Waals surface area (Å²) >= 11 is 0. The van der Waals surface area contributed by atoms with Crippen molar-refractivity contribution < 1.29 is 9.90 Å². The van der Waals surface area contributed by atoms with Crippen LogP contribution in [0.1, 0.15) is 40.0 Å². The molecule has 3 nitrogen and oxygen atoms in total. The van der Waals surface area contributed by atoms with Crippen LogP contribution < -0.4 is 5.32 Å². The summed E-state index contributed by atoms with van der Waals surface area (Å²) in [5.74, 6) is 0.231. The maximum absolute atomic E-state index is 11.7. The fourth-order valence-electron chi connectivity index (χ4n) is 2.18. The Balaban J connectivity index is 2.44. The first-order chi connectivity index (χ1) is 6.43. The smallest absolute Gasteiger partial charge is 0.223 e. The summed E-state index contributed by atoms with van der Waals surface area (Å²) in [5.41, 5.74) is 0.128. The van der Waals surface area contributed by atoms with Crippen molar-refractivity contribution in [1.29, 1.82) is 0 Å². The molecule has 14 heavy (non-hydrogen) atoms. The first-order valence-electron chi connectivity index (χ1n) is 5.39. The lowest BCUT2D eigenvalue weighted by molar-refractivity contribution is -0.128. The van der Waals surface area contributed by atoms with Gasteiger partial charge in [-0.15, -0.1) is 0 Å². The van der Waals surface area contributed by atoms with E-state index in [1.165, 1.54) is 0 Å². The van der Waals surface area contributed by atoms with Gasteiger partial charge in [0, 0.05) is 12.5 Å². The summed E-state index contributed by atoms with van der Waals surface area (Å²) in [5, 5.41) is 11.9. The Bertz CT molecular complexity index is 211. The molecule has 0 aromatic carbocycles. The highest BCUT2D eigenvalue weighted by Crippen LogP contribution is 2.42. The van der Waals surface area contributed by atoms with Gasteiger partial charge in [0.15, 0.2) is 0 Å². The van der Waals surface area contributed by atoms with Crippen LogP contribution in [0.5, 0.6) is 0 Å². The molecular weight excluding hydrogens is 178 g/mol. The van der Waals surface area contributed by atoms with Crippen molar-refractivity contribution in [3.63, 3.8) is 0 Å². The van der Waals surface area contributed by atoms with Gasteiger partial charge in [-0.2, -0.15) is 0 Å². The molecule has 2 atom stereocenters. The molecule has 2 N–H and O–H groups in total. The van der Waals surface area contributed by atoms with E-state index in [0.29, 0.717) is 6.54 Å². The fourth-order valence-corrected chi connectivity index (χ4v) is 2.18. The van der Waals surface area contributed by atoms with Gasteiger partial charge in [0.1, 0.15) is 0 Å². The number of rotatable bonds is 3. The Hall–Kier alpha value is -0.570. The highest BCUT2D eigenvalue weighted by atomic mass is 16.3. The number of carbonyl (C=O) groups excluding carboxylic acids is 1. The molecule has 0 radical (unpaired) electrons. The molecule has 1 rings (SSSR count). The number of nitrogens with one attached hydrogen (secondary N) is 1. The lowest BCUT2D eigenvalue weighted by Crippen LogP contribution is -2.39. The van der Waals surface area contributed by atoms with Crippen molar-refractivity contribution in [2.75, 3.05) is 6.54 Å². The van der Waals surface area contributed by atoms with Crippen LogP contribution in [0, 0.1) is 11.3 Å². The largest absolute Gasteiger partial charge is 0.392 e. The molecule has 1 aliphatic rings. The topological polar surface area (TPSA) is 49.3 Å². The first kappa shape index (κ1) is 11.5. The highest BCUT2D eigenvalue weighted by Gasteiger charge is 2.38. The predicted molar refractivity (Wildman–Crippen MR) is 55.8 cm³/mol. The summed E-state index contributed by atoms with van der Waals surface area (Å²) in [4.78, 5) is 11.7. The van der Waals surface area contributed by atoms with Gasteiger partial charge >= 0.3 is 0 Å². The summed E-state index contributed by atoms with van der Waals surface area (Å²) in [6.07, 6.45) is 2.79. The standard InChI is InChI=1S/C11H21NO2/c1-8(13)7-12-10(14)9-5-4-6-11(9,2)3/h8-9,13H,4-7H2,1-3H3,(H,12,14)/t8-,9?/m1/s1. The van der Waals surface area contributed by atoms with Crippen molar-refractivity contribution >= 4 is 5.91 Å². The monoisotopic (exact) mass is 199 g/mol. The molecule has 0 saturated heterocycles.